The van der Waals surface area contributed by atoms with Crippen LogP contribution in [0.4, 0.5) is 11.4 Å². The molecule has 0 radical (unpaired) electrons. The smallest absolute Gasteiger partial charge is 0.205 e. The van der Waals surface area contributed by atoms with E-state index in [1.807, 2.05) is 42.5 Å². The third-order valence-electron chi connectivity index (χ3n) is 4.28. The Kier molecular flexibility index (Phi) is 6.50. The van der Waals surface area contributed by atoms with Crippen molar-refractivity contribution in [2.24, 2.45) is 10.8 Å². The first-order chi connectivity index (χ1) is 14.7. The number of nitrogens with two attached hydrogens (primary N) is 1. The highest BCUT2D eigenvalue weighted by molar-refractivity contribution is 5.83. The Labute approximate surface area is 172 Å². The molecule has 0 spiro atoms. The molecule has 0 aliphatic carbocycles. The van der Waals surface area contributed by atoms with Gasteiger partial charge in [-0.05, 0) is 51.7 Å². The van der Waals surface area contributed by atoms with Gasteiger partial charge in [-0.25, -0.2) is 9.69 Å². The number of fused-ring (bicyclic) bond motifs is 2. The number of benzene rings is 2. The molecule has 4 rings (SSSR count). The lowest BCUT2D eigenvalue weighted by atomic mass is 10.1. The lowest BCUT2D eigenvalue weighted by molar-refractivity contribution is 1.05. The van der Waals surface area contributed by atoms with Crippen LogP contribution in [0.1, 0.15) is 11.1 Å². The predicted molar refractivity (Wildman–Crippen MR) is 117 cm³/mol. The summed E-state index contributed by atoms with van der Waals surface area (Å²) in [4.78, 5) is 17.7. The fourth-order valence-electron chi connectivity index (χ4n) is 2.77. The van der Waals surface area contributed by atoms with Crippen LogP contribution in [0.5, 0.6) is 0 Å². The zero-order chi connectivity index (χ0) is 21.3. The topological polar surface area (TPSA) is 109 Å². The second-order valence-corrected chi connectivity index (χ2v) is 6.26. The largest absolute Gasteiger partial charge is 0.326 e. The van der Waals surface area contributed by atoms with E-state index < -0.39 is 0 Å². The van der Waals surface area contributed by atoms with E-state index in [1.165, 1.54) is 6.20 Å². The van der Waals surface area contributed by atoms with Crippen LogP contribution >= 0.6 is 0 Å². The molecule has 8 nitrogen and oxygen atoms in total. The molecule has 144 valence electrons. The van der Waals surface area contributed by atoms with Crippen molar-refractivity contribution in [2.75, 3.05) is 0 Å². The Morgan fingerprint density at radius 1 is 0.833 bits per heavy atom. The fraction of sp³-hybridized carbons (Fsp3) is 0.0909. The molecule has 0 bridgehead atoms. The zero-order valence-electron chi connectivity index (χ0n) is 15.9. The Balaban J connectivity index is 0.000000172. The van der Waals surface area contributed by atoms with Crippen molar-refractivity contribution in [3.8, 4) is 0 Å². The minimum atomic E-state index is 0.318. The zero-order valence-corrected chi connectivity index (χ0v) is 15.9. The van der Waals surface area contributed by atoms with Gasteiger partial charge in [-0.2, -0.15) is 0 Å². The highest BCUT2D eigenvalue weighted by Gasteiger charge is 1.99. The standard InChI is InChI=1S/C11H7N5.C11H9N3/c1-13-10-5-9-3-2-8(6-15-16-12)4-11(9)14-7-10;1-13-10-5-9-3-2-8(6-12)4-11(9)14-7-10/h2-5,7H,6H2;2-5,7H,6,12H2. The Morgan fingerprint density at radius 2 is 1.37 bits per heavy atom. The van der Waals surface area contributed by atoms with Gasteiger partial charge >= 0.3 is 0 Å². The van der Waals surface area contributed by atoms with Crippen LogP contribution in [0.3, 0.4) is 0 Å². The van der Waals surface area contributed by atoms with E-state index in [4.69, 9.17) is 24.4 Å². The Bertz CT molecular complexity index is 1340. The average molecular weight is 392 g/mol. The first-order valence-corrected chi connectivity index (χ1v) is 8.90. The third kappa shape index (κ3) is 4.86. The molecule has 0 saturated carbocycles. The third-order valence-corrected chi connectivity index (χ3v) is 4.28. The van der Waals surface area contributed by atoms with Crippen LogP contribution in [0, 0.1) is 13.1 Å². The van der Waals surface area contributed by atoms with Crippen LogP contribution in [0.25, 0.3) is 41.9 Å². The number of pyridine rings is 2. The second-order valence-electron chi connectivity index (χ2n) is 6.26. The monoisotopic (exact) mass is 392 g/mol. The van der Waals surface area contributed by atoms with Crippen molar-refractivity contribution < 1.29 is 0 Å². The van der Waals surface area contributed by atoms with Crippen LogP contribution in [0.2, 0.25) is 0 Å². The van der Waals surface area contributed by atoms with Gasteiger partial charge in [0.15, 0.2) is 0 Å². The first-order valence-electron chi connectivity index (χ1n) is 8.90. The molecule has 0 aliphatic rings. The Morgan fingerprint density at radius 3 is 1.87 bits per heavy atom. The van der Waals surface area contributed by atoms with Gasteiger partial charge in [0.05, 0.1) is 30.7 Å². The molecule has 2 N–H and O–H groups in total. The molecule has 0 aliphatic heterocycles. The first kappa shape index (κ1) is 20.2. The molecular formula is C22H16N8. The number of rotatable bonds is 3. The summed E-state index contributed by atoms with van der Waals surface area (Å²) < 4.78 is 0. The number of aromatic nitrogens is 2. The molecule has 2 heterocycles. The van der Waals surface area contributed by atoms with Gasteiger partial charge < -0.3 is 5.73 Å². The minimum absolute atomic E-state index is 0.318. The van der Waals surface area contributed by atoms with Crippen LogP contribution < -0.4 is 5.73 Å². The van der Waals surface area contributed by atoms with Crippen molar-refractivity contribution in [1.82, 2.24) is 9.97 Å². The predicted octanol–water partition coefficient (Wildman–Crippen LogP) is 5.84. The highest BCUT2D eigenvalue weighted by atomic mass is 15.1. The van der Waals surface area contributed by atoms with E-state index in [0.717, 1.165) is 32.9 Å². The SMILES string of the molecule is [C-]#[N+]c1cnc2cc(CN)ccc2c1.[C-]#[N+]c1cnc2cc(CN=[N+]=[N-])ccc2c1. The van der Waals surface area contributed by atoms with Crippen molar-refractivity contribution in [3.63, 3.8) is 0 Å². The van der Waals surface area contributed by atoms with Gasteiger partial charge in [-0.15, -0.1) is 0 Å². The maximum absolute atomic E-state index is 8.22. The Hall–Kier alpha value is -4.49. The van der Waals surface area contributed by atoms with E-state index in [-0.39, 0.29) is 0 Å². The highest BCUT2D eigenvalue weighted by Crippen LogP contribution is 2.21. The summed E-state index contributed by atoms with van der Waals surface area (Å²) in [6, 6.07) is 15.1. The number of nitrogens with zero attached hydrogens (tertiary/aromatic N) is 7. The average Bonchev–Trinajstić information content (AvgIpc) is 2.81. The molecule has 0 unspecified atom stereocenters. The minimum Gasteiger partial charge on any atom is -0.326 e. The van der Waals surface area contributed by atoms with Crippen molar-refractivity contribution in [3.05, 3.63) is 105 Å². The summed E-state index contributed by atoms with van der Waals surface area (Å²) in [6.45, 7) is 14.6. The molecule has 0 fully saturated rings. The summed E-state index contributed by atoms with van der Waals surface area (Å²) in [5.74, 6) is 0. The molecule has 4 aromatic rings. The molecule has 0 saturated heterocycles. The fourth-order valence-corrected chi connectivity index (χ4v) is 2.77. The molecule has 30 heavy (non-hydrogen) atoms. The molecule has 2 aromatic heterocycles. The van der Waals surface area contributed by atoms with Gasteiger partial charge in [0.1, 0.15) is 0 Å². The molecular weight excluding hydrogens is 376 g/mol. The van der Waals surface area contributed by atoms with Crippen molar-refractivity contribution in [1.29, 1.82) is 0 Å². The lowest BCUT2D eigenvalue weighted by Gasteiger charge is -2.00. The summed E-state index contributed by atoms with van der Waals surface area (Å²) in [7, 11) is 0. The van der Waals surface area contributed by atoms with E-state index >= 15 is 0 Å². The van der Waals surface area contributed by atoms with Crippen LogP contribution in [0.15, 0.2) is 66.0 Å². The quantitative estimate of drug-likeness (QED) is 0.205. The molecule has 8 heteroatoms. The number of hydrogen-bond donors (Lipinski definition) is 1. The van der Waals surface area contributed by atoms with Crippen LogP contribution in [-0.2, 0) is 13.1 Å². The molecule has 0 amide bonds. The van der Waals surface area contributed by atoms with E-state index in [0.29, 0.717) is 24.5 Å². The van der Waals surface area contributed by atoms with Crippen LogP contribution in [-0.4, -0.2) is 9.97 Å². The summed E-state index contributed by atoms with van der Waals surface area (Å²) in [5, 5.41) is 5.38. The van der Waals surface area contributed by atoms with Gasteiger partial charge in [0.25, 0.3) is 0 Å². The van der Waals surface area contributed by atoms with Gasteiger partial charge in [0, 0.05) is 23.9 Å². The molecule has 0 atom stereocenters. The normalized spacial score (nSPS) is 9.70. The second kappa shape index (κ2) is 9.63. The lowest BCUT2D eigenvalue weighted by Crippen LogP contribution is -1.95. The maximum Gasteiger partial charge on any atom is 0.205 e. The maximum atomic E-state index is 8.22. The van der Waals surface area contributed by atoms with E-state index in [1.54, 1.807) is 12.3 Å². The summed E-state index contributed by atoms with van der Waals surface area (Å²) in [6.07, 6.45) is 3.11. The van der Waals surface area contributed by atoms with E-state index in [9.17, 15) is 0 Å². The van der Waals surface area contributed by atoms with Gasteiger partial charge in [-0.3, -0.25) is 9.97 Å². The van der Waals surface area contributed by atoms with Crippen molar-refractivity contribution in [2.45, 2.75) is 13.1 Å². The van der Waals surface area contributed by atoms with Crippen molar-refractivity contribution >= 4 is 33.2 Å². The number of hydrogen-bond acceptors (Lipinski definition) is 4. The summed E-state index contributed by atoms with van der Waals surface area (Å²) >= 11 is 0. The van der Waals surface area contributed by atoms with E-state index in [2.05, 4.69) is 29.7 Å². The van der Waals surface area contributed by atoms with Gasteiger partial charge in [-0.1, -0.05) is 29.4 Å². The van der Waals surface area contributed by atoms with Gasteiger partial charge in [0.2, 0.25) is 11.4 Å². The molecule has 2 aromatic carbocycles. The summed E-state index contributed by atoms with van der Waals surface area (Å²) in [5.41, 5.74) is 18.5. The number of azide groups is 1.